The zero-order valence-electron chi connectivity index (χ0n) is 11.3. The summed E-state index contributed by atoms with van der Waals surface area (Å²) < 4.78 is 0. The molecule has 3 rings (SSSR count). The van der Waals surface area contributed by atoms with Crippen LogP contribution in [0.3, 0.4) is 0 Å². The van der Waals surface area contributed by atoms with Crippen LogP contribution >= 0.6 is 11.6 Å². The van der Waals surface area contributed by atoms with Crippen molar-refractivity contribution in [2.75, 3.05) is 33.2 Å². The smallest absolute Gasteiger partial charge is 0.254 e. The van der Waals surface area contributed by atoms with Crippen molar-refractivity contribution in [3.8, 4) is 0 Å². The molecule has 1 fully saturated rings. The highest BCUT2D eigenvalue weighted by Crippen LogP contribution is 2.21. The van der Waals surface area contributed by atoms with Crippen LogP contribution in [-0.4, -0.2) is 53.9 Å². The van der Waals surface area contributed by atoms with Crippen molar-refractivity contribution in [1.82, 2.24) is 14.8 Å². The molecular weight excluding hydrogens is 274 g/mol. The number of nitrogens with zero attached hydrogens (tertiary/aromatic N) is 3. The van der Waals surface area contributed by atoms with Crippen molar-refractivity contribution in [2.24, 2.45) is 0 Å². The zero-order chi connectivity index (χ0) is 14.1. The lowest BCUT2D eigenvalue weighted by Gasteiger charge is -2.32. The molecule has 1 amide bonds. The Labute approximate surface area is 123 Å². The number of fused-ring (bicyclic) bond motifs is 1. The van der Waals surface area contributed by atoms with E-state index in [1.165, 1.54) is 0 Å². The number of carbonyl (C=O) groups is 1. The minimum atomic E-state index is 0.0767. The molecule has 1 aromatic carbocycles. The van der Waals surface area contributed by atoms with Gasteiger partial charge in [0.2, 0.25) is 0 Å². The normalized spacial score (nSPS) is 16.6. The standard InChI is InChI=1S/C15H16ClN3O/c1-18-7-9-19(10-8-18)15(20)12-3-2-4-13-11(12)5-6-14(16)17-13/h2-6H,7-10H2,1H3. The molecule has 5 heteroatoms. The molecule has 4 nitrogen and oxygen atoms in total. The number of piperazine rings is 1. The van der Waals surface area contributed by atoms with Crippen molar-refractivity contribution < 1.29 is 4.79 Å². The molecule has 1 saturated heterocycles. The Hall–Kier alpha value is -1.65. The van der Waals surface area contributed by atoms with Gasteiger partial charge in [0, 0.05) is 37.1 Å². The second-order valence-corrected chi connectivity index (χ2v) is 5.49. The summed E-state index contributed by atoms with van der Waals surface area (Å²) in [6, 6.07) is 9.19. The van der Waals surface area contributed by atoms with Gasteiger partial charge in [-0.05, 0) is 31.3 Å². The number of rotatable bonds is 1. The number of likely N-dealkylation sites (N-methyl/N-ethyl adjacent to an activating group) is 1. The molecule has 104 valence electrons. The molecule has 2 heterocycles. The van der Waals surface area contributed by atoms with Crippen LogP contribution in [0.5, 0.6) is 0 Å². The average molecular weight is 290 g/mol. The molecule has 20 heavy (non-hydrogen) atoms. The number of hydrogen-bond acceptors (Lipinski definition) is 3. The summed E-state index contributed by atoms with van der Waals surface area (Å²) in [6.45, 7) is 3.38. The number of halogens is 1. The van der Waals surface area contributed by atoms with Gasteiger partial charge < -0.3 is 9.80 Å². The Bertz CT molecular complexity index is 651. The Morgan fingerprint density at radius 1 is 1.15 bits per heavy atom. The van der Waals surface area contributed by atoms with Gasteiger partial charge in [0.25, 0.3) is 5.91 Å². The van der Waals surface area contributed by atoms with Crippen LogP contribution in [0, 0.1) is 0 Å². The highest BCUT2D eigenvalue weighted by atomic mass is 35.5. The van der Waals surface area contributed by atoms with Gasteiger partial charge in [-0.15, -0.1) is 0 Å². The molecule has 0 radical (unpaired) electrons. The van der Waals surface area contributed by atoms with Crippen LogP contribution < -0.4 is 0 Å². The van der Waals surface area contributed by atoms with Gasteiger partial charge in [0.15, 0.2) is 0 Å². The van der Waals surface area contributed by atoms with E-state index in [1.54, 1.807) is 6.07 Å². The predicted octanol–water partition coefficient (Wildman–Crippen LogP) is 2.28. The van der Waals surface area contributed by atoms with E-state index < -0.39 is 0 Å². The van der Waals surface area contributed by atoms with E-state index >= 15 is 0 Å². The van der Waals surface area contributed by atoms with Crippen molar-refractivity contribution in [2.45, 2.75) is 0 Å². The summed E-state index contributed by atoms with van der Waals surface area (Å²) in [5, 5.41) is 1.31. The van der Waals surface area contributed by atoms with Crippen LogP contribution in [0.15, 0.2) is 30.3 Å². The minimum absolute atomic E-state index is 0.0767. The molecule has 0 spiro atoms. The van der Waals surface area contributed by atoms with Crippen molar-refractivity contribution in [3.05, 3.63) is 41.0 Å². The van der Waals surface area contributed by atoms with Crippen molar-refractivity contribution in [1.29, 1.82) is 0 Å². The predicted molar refractivity (Wildman–Crippen MR) is 80.2 cm³/mol. The van der Waals surface area contributed by atoms with Crippen LogP contribution in [0.1, 0.15) is 10.4 Å². The van der Waals surface area contributed by atoms with Gasteiger partial charge in [-0.2, -0.15) is 0 Å². The van der Waals surface area contributed by atoms with E-state index in [4.69, 9.17) is 11.6 Å². The fourth-order valence-electron chi connectivity index (χ4n) is 2.50. The summed E-state index contributed by atoms with van der Waals surface area (Å²) in [4.78, 5) is 21.1. The van der Waals surface area contributed by atoms with Crippen molar-refractivity contribution >= 4 is 28.4 Å². The van der Waals surface area contributed by atoms with Gasteiger partial charge >= 0.3 is 0 Å². The first-order chi connectivity index (χ1) is 9.65. The second kappa shape index (κ2) is 5.38. The van der Waals surface area contributed by atoms with Crippen LogP contribution in [0.4, 0.5) is 0 Å². The molecular formula is C15H16ClN3O. The Kier molecular flexibility index (Phi) is 3.59. The first kappa shape index (κ1) is 13.3. The van der Waals surface area contributed by atoms with Crippen LogP contribution in [0.25, 0.3) is 10.9 Å². The van der Waals surface area contributed by atoms with E-state index in [2.05, 4.69) is 16.9 Å². The molecule has 0 N–H and O–H groups in total. The van der Waals surface area contributed by atoms with Crippen LogP contribution in [0.2, 0.25) is 5.15 Å². The monoisotopic (exact) mass is 289 g/mol. The largest absolute Gasteiger partial charge is 0.336 e. The molecule has 1 aliphatic rings. The molecule has 0 aliphatic carbocycles. The third-order valence-corrected chi connectivity index (χ3v) is 3.93. The molecule has 0 unspecified atom stereocenters. The maximum absolute atomic E-state index is 12.7. The third kappa shape index (κ3) is 2.49. The highest BCUT2D eigenvalue weighted by molar-refractivity contribution is 6.29. The van der Waals surface area contributed by atoms with E-state index in [0.717, 1.165) is 37.1 Å². The van der Waals surface area contributed by atoms with Gasteiger partial charge in [-0.1, -0.05) is 17.7 Å². The quantitative estimate of drug-likeness (QED) is 0.756. The first-order valence-corrected chi connectivity index (χ1v) is 7.06. The van der Waals surface area contributed by atoms with E-state index in [1.807, 2.05) is 29.2 Å². The number of benzene rings is 1. The highest BCUT2D eigenvalue weighted by Gasteiger charge is 2.21. The number of pyridine rings is 1. The van der Waals surface area contributed by atoms with E-state index in [9.17, 15) is 4.79 Å². The fraction of sp³-hybridized carbons (Fsp3) is 0.333. The Balaban J connectivity index is 1.95. The molecule has 1 aliphatic heterocycles. The molecule has 1 aromatic heterocycles. The lowest BCUT2D eigenvalue weighted by molar-refractivity contribution is 0.0666. The molecule has 2 aromatic rings. The second-order valence-electron chi connectivity index (χ2n) is 5.10. The summed E-state index contributed by atoms with van der Waals surface area (Å²) in [7, 11) is 2.08. The lowest BCUT2D eigenvalue weighted by atomic mass is 10.1. The average Bonchev–Trinajstić information content (AvgIpc) is 2.46. The van der Waals surface area contributed by atoms with Gasteiger partial charge in [-0.3, -0.25) is 4.79 Å². The SMILES string of the molecule is CN1CCN(C(=O)c2cccc3nc(Cl)ccc23)CC1. The summed E-state index contributed by atoms with van der Waals surface area (Å²) in [5.41, 5.74) is 1.47. The molecule has 0 atom stereocenters. The maximum atomic E-state index is 12.7. The summed E-state index contributed by atoms with van der Waals surface area (Å²) >= 11 is 5.90. The summed E-state index contributed by atoms with van der Waals surface area (Å²) in [5.74, 6) is 0.0767. The van der Waals surface area contributed by atoms with E-state index in [-0.39, 0.29) is 5.91 Å². The first-order valence-electron chi connectivity index (χ1n) is 6.68. The maximum Gasteiger partial charge on any atom is 0.254 e. The Morgan fingerprint density at radius 3 is 2.65 bits per heavy atom. The minimum Gasteiger partial charge on any atom is -0.336 e. The number of aromatic nitrogens is 1. The lowest BCUT2D eigenvalue weighted by Crippen LogP contribution is -2.47. The van der Waals surface area contributed by atoms with Gasteiger partial charge in [-0.25, -0.2) is 4.98 Å². The van der Waals surface area contributed by atoms with Crippen LogP contribution in [-0.2, 0) is 0 Å². The number of carbonyl (C=O) groups excluding carboxylic acids is 1. The summed E-state index contributed by atoms with van der Waals surface area (Å²) in [6.07, 6.45) is 0. The Morgan fingerprint density at radius 2 is 1.90 bits per heavy atom. The van der Waals surface area contributed by atoms with Gasteiger partial charge in [0.1, 0.15) is 5.15 Å². The topological polar surface area (TPSA) is 36.4 Å². The number of amides is 1. The third-order valence-electron chi connectivity index (χ3n) is 3.72. The van der Waals surface area contributed by atoms with Crippen molar-refractivity contribution in [3.63, 3.8) is 0 Å². The molecule has 0 bridgehead atoms. The van der Waals surface area contributed by atoms with E-state index in [0.29, 0.717) is 10.7 Å². The molecule has 0 saturated carbocycles. The van der Waals surface area contributed by atoms with Gasteiger partial charge in [0.05, 0.1) is 5.52 Å². The zero-order valence-corrected chi connectivity index (χ0v) is 12.1. The number of hydrogen-bond donors (Lipinski definition) is 0. The fourth-order valence-corrected chi connectivity index (χ4v) is 2.65.